The Morgan fingerprint density at radius 1 is 1.20 bits per heavy atom. The number of benzene rings is 2. The van der Waals surface area contributed by atoms with Gasteiger partial charge in [-0.1, -0.05) is 30.3 Å². The smallest absolute Gasteiger partial charge is 0.137 e. The second-order valence-corrected chi connectivity index (χ2v) is 5.20. The fourth-order valence-corrected chi connectivity index (χ4v) is 2.49. The minimum Gasteiger partial charge on any atom is -0.493 e. The number of aliphatic hydroxyl groups excluding tert-OH is 1. The second-order valence-electron chi connectivity index (χ2n) is 4.40. The van der Waals surface area contributed by atoms with Crippen molar-refractivity contribution in [2.75, 3.05) is 6.61 Å². The number of aliphatic hydroxyl groups is 1. The lowest BCUT2D eigenvalue weighted by Gasteiger charge is -2.16. The van der Waals surface area contributed by atoms with E-state index in [9.17, 15) is 9.50 Å². The van der Waals surface area contributed by atoms with Crippen LogP contribution in [0.1, 0.15) is 24.2 Å². The third-order valence-electron chi connectivity index (χ3n) is 3.02. The Morgan fingerprint density at radius 3 is 2.70 bits per heavy atom. The monoisotopic (exact) mass is 338 g/mol. The van der Waals surface area contributed by atoms with Gasteiger partial charge in [0.1, 0.15) is 11.6 Å². The van der Waals surface area contributed by atoms with E-state index in [1.807, 2.05) is 31.2 Å². The molecule has 0 aromatic heterocycles. The molecule has 2 aromatic rings. The molecule has 0 fully saturated rings. The minimum absolute atomic E-state index is 0.322. The van der Waals surface area contributed by atoms with Crippen LogP contribution in [0.15, 0.2) is 46.9 Å². The zero-order valence-corrected chi connectivity index (χ0v) is 12.7. The molecule has 0 bridgehead atoms. The average Bonchev–Trinajstić information content (AvgIpc) is 2.45. The molecule has 0 amide bonds. The van der Waals surface area contributed by atoms with Crippen molar-refractivity contribution in [1.29, 1.82) is 0 Å². The molecule has 106 valence electrons. The molecule has 2 aromatic carbocycles. The number of halogens is 2. The third kappa shape index (κ3) is 3.38. The maximum Gasteiger partial charge on any atom is 0.137 e. The van der Waals surface area contributed by atoms with Gasteiger partial charge in [-0.15, -0.1) is 0 Å². The normalized spacial score (nSPS) is 12.2. The van der Waals surface area contributed by atoms with Gasteiger partial charge >= 0.3 is 0 Å². The van der Waals surface area contributed by atoms with Crippen LogP contribution in [0.25, 0.3) is 0 Å². The Morgan fingerprint density at radius 2 is 1.95 bits per heavy atom. The summed E-state index contributed by atoms with van der Waals surface area (Å²) < 4.78 is 19.4. The molecule has 1 atom stereocenters. The molecule has 4 heteroatoms. The Kier molecular flexibility index (Phi) is 5.15. The molecule has 0 heterocycles. The van der Waals surface area contributed by atoms with E-state index in [-0.39, 0.29) is 5.82 Å². The Labute approximate surface area is 126 Å². The van der Waals surface area contributed by atoms with E-state index in [1.54, 1.807) is 12.1 Å². The van der Waals surface area contributed by atoms with Crippen molar-refractivity contribution >= 4 is 15.9 Å². The van der Waals surface area contributed by atoms with Crippen LogP contribution in [0.5, 0.6) is 5.75 Å². The largest absolute Gasteiger partial charge is 0.493 e. The van der Waals surface area contributed by atoms with Gasteiger partial charge in [0.15, 0.2) is 0 Å². The lowest BCUT2D eigenvalue weighted by molar-refractivity contribution is 0.172. The van der Waals surface area contributed by atoms with Crippen LogP contribution in [-0.2, 0) is 6.42 Å². The summed E-state index contributed by atoms with van der Waals surface area (Å²) in [4.78, 5) is 0. The van der Waals surface area contributed by atoms with Gasteiger partial charge in [0, 0.05) is 12.0 Å². The minimum atomic E-state index is -0.740. The predicted octanol–water partition coefficient (Wildman–Crippen LogP) is 4.26. The Balaban J connectivity index is 2.24. The van der Waals surface area contributed by atoms with Crippen LogP contribution in [0.2, 0.25) is 0 Å². The molecule has 1 N–H and O–H groups in total. The fraction of sp³-hybridized carbons (Fsp3) is 0.250. The van der Waals surface area contributed by atoms with Crippen molar-refractivity contribution in [3.05, 3.63) is 63.9 Å². The first kappa shape index (κ1) is 15.0. The first-order valence-corrected chi connectivity index (χ1v) is 7.25. The molecule has 2 nitrogen and oxygen atoms in total. The summed E-state index contributed by atoms with van der Waals surface area (Å²) in [5.74, 6) is 0.336. The summed E-state index contributed by atoms with van der Waals surface area (Å²) in [7, 11) is 0. The van der Waals surface area contributed by atoms with Crippen LogP contribution in [0.4, 0.5) is 4.39 Å². The highest BCUT2D eigenvalue weighted by atomic mass is 79.9. The lowest BCUT2D eigenvalue weighted by atomic mass is 10.0. The van der Waals surface area contributed by atoms with E-state index in [0.717, 1.165) is 5.56 Å². The number of para-hydroxylation sites is 1. The first-order valence-electron chi connectivity index (χ1n) is 6.46. The number of rotatable bonds is 5. The van der Waals surface area contributed by atoms with Crippen LogP contribution in [-0.4, -0.2) is 11.7 Å². The first-order chi connectivity index (χ1) is 9.63. The van der Waals surface area contributed by atoms with Crippen LogP contribution in [0, 0.1) is 5.82 Å². The van der Waals surface area contributed by atoms with E-state index >= 15 is 0 Å². The number of hydrogen-bond acceptors (Lipinski definition) is 2. The van der Waals surface area contributed by atoms with E-state index in [1.165, 1.54) is 6.07 Å². The van der Waals surface area contributed by atoms with E-state index < -0.39 is 6.10 Å². The second kappa shape index (κ2) is 6.86. The van der Waals surface area contributed by atoms with E-state index in [4.69, 9.17) is 4.74 Å². The van der Waals surface area contributed by atoms with Gasteiger partial charge in [-0.25, -0.2) is 4.39 Å². The number of ether oxygens (including phenoxy) is 1. The molecule has 0 spiro atoms. The third-order valence-corrected chi connectivity index (χ3v) is 3.91. The SMILES string of the molecule is CCOc1ccccc1C(O)Cc1cccc(F)c1Br. The highest BCUT2D eigenvalue weighted by Gasteiger charge is 2.16. The van der Waals surface area contributed by atoms with Crippen molar-refractivity contribution in [1.82, 2.24) is 0 Å². The quantitative estimate of drug-likeness (QED) is 0.882. The van der Waals surface area contributed by atoms with E-state index in [0.29, 0.717) is 28.8 Å². The standard InChI is InChI=1S/C16H16BrFO2/c1-2-20-15-9-4-3-7-12(15)14(19)10-11-6-5-8-13(18)16(11)17/h3-9,14,19H,2,10H2,1H3. The van der Waals surface area contributed by atoms with Crippen molar-refractivity contribution in [3.63, 3.8) is 0 Å². The topological polar surface area (TPSA) is 29.5 Å². The van der Waals surface area contributed by atoms with Gasteiger partial charge in [0.2, 0.25) is 0 Å². The van der Waals surface area contributed by atoms with Crippen molar-refractivity contribution in [2.45, 2.75) is 19.4 Å². The highest BCUT2D eigenvalue weighted by molar-refractivity contribution is 9.10. The highest BCUT2D eigenvalue weighted by Crippen LogP contribution is 2.30. The summed E-state index contributed by atoms with van der Waals surface area (Å²) in [6.07, 6.45) is -0.418. The molecule has 0 aliphatic rings. The summed E-state index contributed by atoms with van der Waals surface area (Å²) in [5, 5.41) is 10.4. The van der Waals surface area contributed by atoms with Gasteiger partial charge in [0.25, 0.3) is 0 Å². The zero-order valence-electron chi connectivity index (χ0n) is 11.1. The van der Waals surface area contributed by atoms with E-state index in [2.05, 4.69) is 15.9 Å². The molecule has 0 aliphatic carbocycles. The Bertz CT molecular complexity index is 586. The van der Waals surface area contributed by atoms with Crippen molar-refractivity contribution in [3.8, 4) is 5.75 Å². The Hall–Kier alpha value is -1.39. The molecule has 0 aliphatic heterocycles. The number of hydrogen-bond donors (Lipinski definition) is 1. The molecular weight excluding hydrogens is 323 g/mol. The fourth-order valence-electron chi connectivity index (χ4n) is 2.07. The van der Waals surface area contributed by atoms with Gasteiger partial charge in [-0.3, -0.25) is 0 Å². The molecule has 20 heavy (non-hydrogen) atoms. The van der Waals surface area contributed by atoms with Gasteiger partial charge < -0.3 is 9.84 Å². The van der Waals surface area contributed by atoms with Gasteiger partial charge in [-0.05, 0) is 40.5 Å². The van der Waals surface area contributed by atoms with Gasteiger partial charge in [-0.2, -0.15) is 0 Å². The summed E-state index contributed by atoms with van der Waals surface area (Å²) >= 11 is 3.21. The van der Waals surface area contributed by atoms with Crippen LogP contribution < -0.4 is 4.74 Å². The molecule has 0 radical (unpaired) electrons. The average molecular weight is 339 g/mol. The lowest BCUT2D eigenvalue weighted by Crippen LogP contribution is -2.06. The maximum absolute atomic E-state index is 13.5. The summed E-state index contributed by atoms with van der Waals surface area (Å²) in [5.41, 5.74) is 1.44. The molecule has 1 unspecified atom stereocenters. The van der Waals surface area contributed by atoms with Crippen molar-refractivity contribution < 1.29 is 14.2 Å². The molecule has 0 saturated heterocycles. The van der Waals surface area contributed by atoms with Gasteiger partial charge in [0.05, 0.1) is 17.2 Å². The van der Waals surface area contributed by atoms with Crippen molar-refractivity contribution in [2.24, 2.45) is 0 Å². The van der Waals surface area contributed by atoms with Crippen LogP contribution >= 0.6 is 15.9 Å². The molecule has 2 rings (SSSR count). The summed E-state index contributed by atoms with van der Waals surface area (Å²) in [6.45, 7) is 2.43. The summed E-state index contributed by atoms with van der Waals surface area (Å²) in [6, 6.07) is 12.2. The molecule has 0 saturated carbocycles. The molecular formula is C16H16BrFO2. The van der Waals surface area contributed by atoms with Crippen LogP contribution in [0.3, 0.4) is 0 Å². The zero-order chi connectivity index (χ0) is 14.5. The maximum atomic E-state index is 13.5. The predicted molar refractivity (Wildman–Crippen MR) is 80.4 cm³/mol.